The molecule has 1 N–H and O–H groups in total. The van der Waals surface area contributed by atoms with Gasteiger partial charge in [-0.2, -0.15) is 0 Å². The summed E-state index contributed by atoms with van der Waals surface area (Å²) in [4.78, 5) is 37.5. The highest BCUT2D eigenvalue weighted by molar-refractivity contribution is 5.95. The maximum absolute atomic E-state index is 12.8. The van der Waals surface area contributed by atoms with Crippen LogP contribution in [-0.2, 0) is 11.3 Å². The van der Waals surface area contributed by atoms with Crippen LogP contribution in [0.15, 0.2) is 51.7 Å². The zero-order valence-corrected chi connectivity index (χ0v) is 14.4. The van der Waals surface area contributed by atoms with Crippen molar-refractivity contribution < 1.29 is 19.1 Å². The van der Waals surface area contributed by atoms with Crippen LogP contribution in [0.1, 0.15) is 22.8 Å². The molecule has 0 bridgehead atoms. The first kappa shape index (κ1) is 17.5. The van der Waals surface area contributed by atoms with Crippen molar-refractivity contribution >= 4 is 28.7 Å². The van der Waals surface area contributed by atoms with Gasteiger partial charge in [0.1, 0.15) is 6.54 Å². The number of carbonyl (C=O) groups excluding carboxylic acids is 1. The Balaban J connectivity index is 1.94. The number of anilines is 1. The summed E-state index contributed by atoms with van der Waals surface area (Å²) in [5.74, 6) is -2.07. The van der Waals surface area contributed by atoms with E-state index in [1.54, 1.807) is 4.90 Å². The van der Waals surface area contributed by atoms with Gasteiger partial charge in [-0.15, -0.1) is 0 Å². The third kappa shape index (κ3) is 3.23. The number of oxazole rings is 1. The highest BCUT2D eigenvalue weighted by Crippen LogP contribution is 2.18. The smallest absolute Gasteiger partial charge is 0.420 e. The fourth-order valence-corrected chi connectivity index (χ4v) is 2.87. The maximum Gasteiger partial charge on any atom is 0.420 e. The van der Waals surface area contributed by atoms with Gasteiger partial charge in [0.2, 0.25) is 5.91 Å². The standard InChI is InChI=1S/C19H18N2O5/c1-3-20(14-6-4-5-12(2)9-14)17(22)11-21-15-8-7-13(18(23)24)10-16(15)26-19(21)25/h4-10H,3,11H2,1-2H3,(H,23,24). The number of hydrogen-bond donors (Lipinski definition) is 1. The van der Waals surface area contributed by atoms with E-state index in [9.17, 15) is 14.4 Å². The summed E-state index contributed by atoms with van der Waals surface area (Å²) < 4.78 is 6.31. The summed E-state index contributed by atoms with van der Waals surface area (Å²) in [6, 6.07) is 11.7. The third-order valence-corrected chi connectivity index (χ3v) is 4.14. The van der Waals surface area contributed by atoms with E-state index < -0.39 is 11.7 Å². The molecule has 26 heavy (non-hydrogen) atoms. The molecule has 2 aromatic carbocycles. The van der Waals surface area contributed by atoms with Crippen molar-refractivity contribution in [2.75, 3.05) is 11.4 Å². The average molecular weight is 354 g/mol. The first-order chi connectivity index (χ1) is 12.4. The van der Waals surface area contributed by atoms with Gasteiger partial charge in [-0.3, -0.25) is 9.36 Å². The highest BCUT2D eigenvalue weighted by Gasteiger charge is 2.19. The summed E-state index contributed by atoms with van der Waals surface area (Å²) in [6.45, 7) is 4.06. The second-order valence-corrected chi connectivity index (χ2v) is 5.92. The predicted octanol–water partition coefficient (Wildman–Crippen LogP) is 2.65. The van der Waals surface area contributed by atoms with E-state index >= 15 is 0 Å². The van der Waals surface area contributed by atoms with E-state index in [1.165, 1.54) is 22.8 Å². The molecule has 0 aliphatic carbocycles. The lowest BCUT2D eigenvalue weighted by Crippen LogP contribution is -2.35. The quantitative estimate of drug-likeness (QED) is 0.760. The Hall–Kier alpha value is -3.35. The zero-order valence-electron chi connectivity index (χ0n) is 14.4. The van der Waals surface area contributed by atoms with Gasteiger partial charge < -0.3 is 14.4 Å². The number of carboxylic acids is 1. The van der Waals surface area contributed by atoms with Gasteiger partial charge in [0, 0.05) is 12.2 Å². The molecule has 3 rings (SSSR count). The zero-order chi connectivity index (χ0) is 18.8. The van der Waals surface area contributed by atoms with Gasteiger partial charge in [0.05, 0.1) is 11.1 Å². The van der Waals surface area contributed by atoms with Crippen LogP contribution in [0, 0.1) is 6.92 Å². The summed E-state index contributed by atoms with van der Waals surface area (Å²) in [7, 11) is 0. The number of hydrogen-bond acceptors (Lipinski definition) is 4. The molecule has 0 aliphatic rings. The Morgan fingerprint density at radius 1 is 1.19 bits per heavy atom. The van der Waals surface area contributed by atoms with Gasteiger partial charge in [0.25, 0.3) is 0 Å². The SMILES string of the molecule is CCN(C(=O)Cn1c(=O)oc2cc(C(=O)O)ccc21)c1cccc(C)c1. The third-order valence-electron chi connectivity index (χ3n) is 4.14. The molecule has 0 saturated carbocycles. The molecule has 0 atom stereocenters. The average Bonchev–Trinajstić information content (AvgIpc) is 2.90. The molecule has 134 valence electrons. The fourth-order valence-electron chi connectivity index (χ4n) is 2.87. The van der Waals surface area contributed by atoms with Crippen molar-refractivity contribution in [3.8, 4) is 0 Å². The lowest BCUT2D eigenvalue weighted by molar-refractivity contribution is -0.119. The molecule has 0 aliphatic heterocycles. The van der Waals surface area contributed by atoms with Crippen LogP contribution < -0.4 is 10.7 Å². The van der Waals surface area contributed by atoms with Crippen LogP contribution in [0.5, 0.6) is 0 Å². The Kier molecular flexibility index (Phi) is 4.62. The number of rotatable bonds is 5. The van der Waals surface area contributed by atoms with Crippen LogP contribution in [-0.4, -0.2) is 28.1 Å². The van der Waals surface area contributed by atoms with Gasteiger partial charge in [-0.05, 0) is 49.7 Å². The summed E-state index contributed by atoms with van der Waals surface area (Å²) in [5, 5.41) is 9.03. The summed E-state index contributed by atoms with van der Waals surface area (Å²) in [6.07, 6.45) is 0. The Morgan fingerprint density at radius 3 is 2.62 bits per heavy atom. The van der Waals surface area contributed by atoms with Crippen LogP contribution in [0.3, 0.4) is 0 Å². The lowest BCUT2D eigenvalue weighted by Gasteiger charge is -2.21. The van der Waals surface area contributed by atoms with Gasteiger partial charge in [-0.25, -0.2) is 9.59 Å². The molecule has 7 nitrogen and oxygen atoms in total. The van der Waals surface area contributed by atoms with E-state index in [0.717, 1.165) is 11.3 Å². The molecule has 0 saturated heterocycles. The van der Waals surface area contributed by atoms with Crippen molar-refractivity contribution in [2.45, 2.75) is 20.4 Å². The maximum atomic E-state index is 12.8. The van der Waals surface area contributed by atoms with Gasteiger partial charge >= 0.3 is 11.7 Å². The van der Waals surface area contributed by atoms with E-state index in [1.807, 2.05) is 38.1 Å². The molecule has 0 spiro atoms. The largest absolute Gasteiger partial charge is 0.478 e. The number of likely N-dealkylation sites (N-methyl/N-ethyl adjacent to an activating group) is 1. The Labute approximate surface area is 149 Å². The number of nitrogens with zero attached hydrogens (tertiary/aromatic N) is 2. The first-order valence-electron chi connectivity index (χ1n) is 8.14. The van der Waals surface area contributed by atoms with Crippen molar-refractivity contribution in [3.63, 3.8) is 0 Å². The number of benzene rings is 2. The van der Waals surface area contributed by atoms with E-state index in [4.69, 9.17) is 9.52 Å². The van der Waals surface area contributed by atoms with Crippen LogP contribution in [0.2, 0.25) is 0 Å². The molecule has 1 amide bonds. The molecule has 0 fully saturated rings. The number of carboxylic acid groups (broad SMARTS) is 1. The van der Waals surface area contributed by atoms with E-state index in [2.05, 4.69) is 0 Å². The van der Waals surface area contributed by atoms with Crippen LogP contribution >= 0.6 is 0 Å². The minimum Gasteiger partial charge on any atom is -0.478 e. The van der Waals surface area contributed by atoms with Crippen molar-refractivity contribution in [2.24, 2.45) is 0 Å². The first-order valence-corrected chi connectivity index (χ1v) is 8.14. The lowest BCUT2D eigenvalue weighted by atomic mass is 10.2. The highest BCUT2D eigenvalue weighted by atomic mass is 16.4. The van der Waals surface area contributed by atoms with E-state index in [0.29, 0.717) is 12.1 Å². The van der Waals surface area contributed by atoms with Crippen molar-refractivity contribution in [1.82, 2.24) is 4.57 Å². The van der Waals surface area contributed by atoms with Crippen LogP contribution in [0.25, 0.3) is 11.1 Å². The molecular formula is C19H18N2O5. The monoisotopic (exact) mass is 354 g/mol. The minimum absolute atomic E-state index is 0.0136. The number of aromatic carboxylic acids is 1. The summed E-state index contributed by atoms with van der Waals surface area (Å²) in [5.41, 5.74) is 2.32. The molecule has 7 heteroatoms. The topological polar surface area (TPSA) is 92.8 Å². The number of amides is 1. The molecule has 3 aromatic rings. The second kappa shape index (κ2) is 6.87. The Bertz CT molecular complexity index is 1050. The number of aryl methyl sites for hydroxylation is 1. The van der Waals surface area contributed by atoms with Gasteiger partial charge in [-0.1, -0.05) is 12.1 Å². The second-order valence-electron chi connectivity index (χ2n) is 5.92. The molecule has 0 radical (unpaired) electrons. The molecule has 1 aromatic heterocycles. The predicted molar refractivity (Wildman–Crippen MR) is 96.6 cm³/mol. The number of aromatic nitrogens is 1. The summed E-state index contributed by atoms with van der Waals surface area (Å²) >= 11 is 0. The molecule has 1 heterocycles. The van der Waals surface area contributed by atoms with Crippen molar-refractivity contribution in [3.05, 3.63) is 64.1 Å². The van der Waals surface area contributed by atoms with E-state index in [-0.39, 0.29) is 23.6 Å². The van der Waals surface area contributed by atoms with Crippen LogP contribution in [0.4, 0.5) is 5.69 Å². The van der Waals surface area contributed by atoms with Crippen molar-refractivity contribution in [1.29, 1.82) is 0 Å². The molecule has 0 unspecified atom stereocenters. The normalized spacial score (nSPS) is 10.8. The van der Waals surface area contributed by atoms with Gasteiger partial charge in [0.15, 0.2) is 5.58 Å². The fraction of sp³-hybridized carbons (Fsp3) is 0.211. The molecular weight excluding hydrogens is 336 g/mol. The Morgan fingerprint density at radius 2 is 1.96 bits per heavy atom. The minimum atomic E-state index is -1.12. The number of fused-ring (bicyclic) bond motifs is 1. The number of carbonyl (C=O) groups is 2.